The molecule has 2 fully saturated rings. The van der Waals surface area contributed by atoms with Crippen molar-refractivity contribution in [3.05, 3.63) is 16.6 Å². The maximum Gasteiger partial charge on any atom is 0.410 e. The van der Waals surface area contributed by atoms with E-state index in [1.54, 1.807) is 11.3 Å². The number of thiazole rings is 1. The molecule has 0 aromatic carbocycles. The van der Waals surface area contributed by atoms with Crippen LogP contribution in [0.2, 0.25) is 0 Å². The number of aromatic nitrogens is 1. The second kappa shape index (κ2) is 6.96. The highest BCUT2D eigenvalue weighted by Crippen LogP contribution is 2.29. The van der Waals surface area contributed by atoms with Gasteiger partial charge in [0, 0.05) is 30.7 Å². The predicted molar refractivity (Wildman–Crippen MR) is 86.8 cm³/mol. The molecule has 2 atom stereocenters. The summed E-state index contributed by atoms with van der Waals surface area (Å²) < 4.78 is 5.33. The third-order valence-corrected chi connectivity index (χ3v) is 5.80. The van der Waals surface area contributed by atoms with Gasteiger partial charge in [-0.2, -0.15) is 0 Å². The predicted octanol–water partition coefficient (Wildman–Crippen LogP) is 2.97. The molecule has 0 bridgehead atoms. The number of hydrogen-bond donors (Lipinski definition) is 0. The molecule has 3 rings (SSSR count). The van der Waals surface area contributed by atoms with Crippen molar-refractivity contribution >= 4 is 17.4 Å². The number of carbonyl (C=O) groups excluding carboxylic acids is 1. The molecule has 22 heavy (non-hydrogen) atoms. The first-order chi connectivity index (χ1) is 10.7. The quantitative estimate of drug-likeness (QED) is 0.836. The second-order valence-corrected chi connectivity index (χ2v) is 7.35. The van der Waals surface area contributed by atoms with Gasteiger partial charge in [-0.05, 0) is 18.8 Å². The van der Waals surface area contributed by atoms with Gasteiger partial charge >= 0.3 is 6.09 Å². The Hall–Kier alpha value is -1.14. The van der Waals surface area contributed by atoms with E-state index in [4.69, 9.17) is 4.74 Å². The van der Waals surface area contributed by atoms with Gasteiger partial charge in [0.1, 0.15) is 11.6 Å². The van der Waals surface area contributed by atoms with Crippen molar-refractivity contribution in [3.8, 4) is 0 Å². The molecule has 1 amide bonds. The zero-order valence-electron chi connectivity index (χ0n) is 13.4. The fourth-order valence-corrected chi connectivity index (χ4v) is 4.11. The summed E-state index contributed by atoms with van der Waals surface area (Å²) in [6.45, 7) is 7.96. The number of ether oxygens (including phenoxy) is 1. The summed E-state index contributed by atoms with van der Waals surface area (Å²) >= 11 is 1.71. The van der Waals surface area contributed by atoms with Crippen LogP contribution in [0.3, 0.4) is 0 Å². The van der Waals surface area contributed by atoms with Crippen molar-refractivity contribution in [2.24, 2.45) is 5.92 Å². The van der Waals surface area contributed by atoms with Crippen LogP contribution < -0.4 is 0 Å². The number of piperidine rings is 1. The van der Waals surface area contributed by atoms with Gasteiger partial charge in [-0.1, -0.05) is 20.3 Å². The van der Waals surface area contributed by atoms with Crippen LogP contribution in [0.15, 0.2) is 11.6 Å². The standard InChI is InChI=1S/C16H25N3O2S/c1-3-12(2)14-11-21-16(20)19(14)13-4-7-18(8-5-13)10-15-17-6-9-22-15/h6,9,12-14H,3-5,7-8,10-11H2,1-2H3. The summed E-state index contributed by atoms with van der Waals surface area (Å²) in [5.41, 5.74) is 0. The maximum atomic E-state index is 12.1. The average Bonchev–Trinajstić information content (AvgIpc) is 3.17. The Balaban J connectivity index is 1.56. The molecule has 0 N–H and O–H groups in total. The fraction of sp³-hybridized carbons (Fsp3) is 0.750. The minimum Gasteiger partial charge on any atom is -0.447 e. The third-order valence-electron chi connectivity index (χ3n) is 5.04. The molecule has 0 radical (unpaired) electrons. The van der Waals surface area contributed by atoms with Crippen molar-refractivity contribution in [3.63, 3.8) is 0 Å². The summed E-state index contributed by atoms with van der Waals surface area (Å²) in [5.74, 6) is 0.500. The molecule has 2 aliphatic rings. The molecular formula is C16H25N3O2S. The van der Waals surface area contributed by atoms with Gasteiger partial charge in [0.25, 0.3) is 0 Å². The topological polar surface area (TPSA) is 45.7 Å². The highest BCUT2D eigenvalue weighted by molar-refractivity contribution is 7.09. The Morgan fingerprint density at radius 2 is 2.23 bits per heavy atom. The molecule has 3 heterocycles. The Morgan fingerprint density at radius 3 is 2.86 bits per heavy atom. The highest BCUT2D eigenvalue weighted by atomic mass is 32.1. The zero-order valence-corrected chi connectivity index (χ0v) is 14.2. The Morgan fingerprint density at radius 1 is 1.45 bits per heavy atom. The van der Waals surface area contributed by atoms with E-state index in [0.717, 1.165) is 38.9 Å². The van der Waals surface area contributed by atoms with Crippen LogP contribution in [0.1, 0.15) is 38.1 Å². The van der Waals surface area contributed by atoms with Crippen LogP contribution in [0.5, 0.6) is 0 Å². The van der Waals surface area contributed by atoms with Crippen molar-refractivity contribution in [1.29, 1.82) is 0 Å². The van der Waals surface area contributed by atoms with Gasteiger partial charge in [-0.3, -0.25) is 9.80 Å². The molecule has 5 nitrogen and oxygen atoms in total. The number of rotatable bonds is 5. The molecule has 2 unspecified atom stereocenters. The largest absolute Gasteiger partial charge is 0.447 e. The van der Waals surface area contributed by atoms with Gasteiger partial charge in [0.2, 0.25) is 0 Å². The first-order valence-corrected chi connectivity index (χ1v) is 9.12. The lowest BCUT2D eigenvalue weighted by Gasteiger charge is -2.38. The van der Waals surface area contributed by atoms with Crippen LogP contribution in [-0.4, -0.2) is 52.7 Å². The molecule has 6 heteroatoms. The third kappa shape index (κ3) is 3.27. The summed E-state index contributed by atoms with van der Waals surface area (Å²) in [7, 11) is 0. The number of likely N-dealkylation sites (tertiary alicyclic amines) is 1. The Bertz CT molecular complexity index is 486. The van der Waals surface area contributed by atoms with Crippen LogP contribution >= 0.6 is 11.3 Å². The molecule has 0 aliphatic carbocycles. The molecule has 1 aromatic rings. The molecule has 1 aromatic heterocycles. The zero-order chi connectivity index (χ0) is 15.5. The van der Waals surface area contributed by atoms with E-state index in [1.807, 2.05) is 16.5 Å². The van der Waals surface area contributed by atoms with Gasteiger partial charge in [-0.15, -0.1) is 11.3 Å². The molecule has 2 saturated heterocycles. The number of hydrogen-bond acceptors (Lipinski definition) is 5. The summed E-state index contributed by atoms with van der Waals surface area (Å²) in [6, 6.07) is 0.592. The monoisotopic (exact) mass is 323 g/mol. The van der Waals surface area contributed by atoms with Crippen LogP contribution in [0, 0.1) is 5.92 Å². The van der Waals surface area contributed by atoms with Gasteiger partial charge in [0.15, 0.2) is 0 Å². The van der Waals surface area contributed by atoms with Gasteiger partial charge in [-0.25, -0.2) is 9.78 Å². The Kier molecular flexibility index (Phi) is 4.98. The average molecular weight is 323 g/mol. The highest BCUT2D eigenvalue weighted by Gasteiger charge is 2.41. The minimum absolute atomic E-state index is 0.108. The van der Waals surface area contributed by atoms with E-state index in [0.29, 0.717) is 18.6 Å². The number of cyclic esters (lactones) is 1. The van der Waals surface area contributed by atoms with Crippen molar-refractivity contribution in [1.82, 2.24) is 14.8 Å². The lowest BCUT2D eigenvalue weighted by molar-refractivity contribution is 0.0932. The molecule has 122 valence electrons. The second-order valence-electron chi connectivity index (χ2n) is 6.37. The summed E-state index contributed by atoms with van der Waals surface area (Å²) in [4.78, 5) is 21.0. The lowest BCUT2D eigenvalue weighted by atomic mass is 9.95. The van der Waals surface area contributed by atoms with Gasteiger partial charge < -0.3 is 4.74 Å². The fourth-order valence-electron chi connectivity index (χ4n) is 3.46. The summed E-state index contributed by atoms with van der Waals surface area (Å²) in [5, 5.41) is 3.20. The van der Waals surface area contributed by atoms with E-state index >= 15 is 0 Å². The number of carbonyl (C=O) groups is 1. The van der Waals surface area contributed by atoms with Crippen LogP contribution in [0.4, 0.5) is 4.79 Å². The SMILES string of the molecule is CCC(C)C1COC(=O)N1C1CCN(Cc2nccs2)CC1. The van der Waals surface area contributed by atoms with Crippen LogP contribution in [-0.2, 0) is 11.3 Å². The normalized spacial score (nSPS) is 25.5. The number of amides is 1. The summed E-state index contributed by atoms with van der Waals surface area (Å²) in [6.07, 6.45) is 4.91. The Labute approximate surface area is 136 Å². The van der Waals surface area contributed by atoms with E-state index in [1.165, 1.54) is 5.01 Å². The van der Waals surface area contributed by atoms with E-state index in [2.05, 4.69) is 23.7 Å². The minimum atomic E-state index is -0.108. The molecular weight excluding hydrogens is 298 g/mol. The number of nitrogens with zero attached hydrogens (tertiary/aromatic N) is 3. The van der Waals surface area contributed by atoms with Crippen molar-refractivity contribution in [2.75, 3.05) is 19.7 Å². The smallest absolute Gasteiger partial charge is 0.410 e. The van der Waals surface area contributed by atoms with Crippen LogP contribution in [0.25, 0.3) is 0 Å². The van der Waals surface area contributed by atoms with Crippen molar-refractivity contribution in [2.45, 2.75) is 51.7 Å². The molecule has 0 spiro atoms. The molecule has 2 aliphatic heterocycles. The van der Waals surface area contributed by atoms with E-state index < -0.39 is 0 Å². The lowest BCUT2D eigenvalue weighted by Crippen LogP contribution is -2.50. The first-order valence-electron chi connectivity index (χ1n) is 8.24. The van der Waals surface area contributed by atoms with E-state index in [-0.39, 0.29) is 12.1 Å². The van der Waals surface area contributed by atoms with Gasteiger partial charge in [0.05, 0.1) is 12.6 Å². The van der Waals surface area contributed by atoms with E-state index in [9.17, 15) is 4.79 Å². The first kappa shape index (κ1) is 15.7. The van der Waals surface area contributed by atoms with Crippen molar-refractivity contribution < 1.29 is 9.53 Å². The maximum absolute atomic E-state index is 12.1. The molecule has 0 saturated carbocycles.